The Morgan fingerprint density at radius 2 is 2.00 bits per heavy atom. The van der Waals surface area contributed by atoms with Gasteiger partial charge in [-0.15, -0.1) is 0 Å². The third-order valence-electron chi connectivity index (χ3n) is 2.49. The Labute approximate surface area is 119 Å². The first-order valence-corrected chi connectivity index (χ1v) is 6.50. The van der Waals surface area contributed by atoms with Crippen LogP contribution in [0.25, 0.3) is 0 Å². The molecule has 5 nitrogen and oxygen atoms in total. The number of halogens is 1. The van der Waals surface area contributed by atoms with Gasteiger partial charge in [0.05, 0.1) is 17.3 Å². The van der Waals surface area contributed by atoms with Crippen LogP contribution in [0, 0.1) is 9.49 Å². The molecule has 0 saturated heterocycles. The molecule has 1 amide bonds. The Balaban J connectivity index is 2.98. The van der Waals surface area contributed by atoms with Gasteiger partial charge in [0, 0.05) is 3.57 Å². The van der Waals surface area contributed by atoms with Crippen molar-refractivity contribution in [2.45, 2.75) is 19.9 Å². The van der Waals surface area contributed by atoms with Gasteiger partial charge < -0.3 is 16.2 Å². The van der Waals surface area contributed by atoms with Gasteiger partial charge in [0.1, 0.15) is 0 Å². The Kier molecular flexibility index (Phi) is 5.09. The van der Waals surface area contributed by atoms with Crippen LogP contribution in [0.4, 0.5) is 5.69 Å². The number of aromatic carboxylic acids is 1. The molecule has 0 aliphatic rings. The fraction of sp³-hybridized carbons (Fsp3) is 0.333. The number of amides is 1. The highest BCUT2D eigenvalue weighted by atomic mass is 127. The van der Waals surface area contributed by atoms with Crippen molar-refractivity contribution in [2.24, 2.45) is 11.7 Å². The lowest BCUT2D eigenvalue weighted by molar-refractivity contribution is -0.118. The van der Waals surface area contributed by atoms with Crippen LogP contribution < -0.4 is 11.1 Å². The molecule has 0 radical (unpaired) electrons. The number of carbonyl (C=O) groups is 2. The molecule has 0 unspecified atom stereocenters. The van der Waals surface area contributed by atoms with Crippen LogP contribution in [-0.4, -0.2) is 23.0 Å². The summed E-state index contributed by atoms with van der Waals surface area (Å²) in [5.41, 5.74) is 6.03. The summed E-state index contributed by atoms with van der Waals surface area (Å²) in [5, 5.41) is 11.6. The van der Waals surface area contributed by atoms with Gasteiger partial charge in [-0.2, -0.15) is 0 Å². The Bertz CT molecular complexity index is 474. The van der Waals surface area contributed by atoms with Gasteiger partial charge in [-0.3, -0.25) is 4.79 Å². The number of carboxylic acids is 1. The lowest BCUT2D eigenvalue weighted by Gasteiger charge is -2.16. The van der Waals surface area contributed by atoms with Crippen LogP contribution in [0.3, 0.4) is 0 Å². The first-order chi connectivity index (χ1) is 8.32. The van der Waals surface area contributed by atoms with Gasteiger partial charge in [-0.1, -0.05) is 13.8 Å². The molecule has 0 spiro atoms. The normalized spacial score (nSPS) is 12.3. The predicted octanol–water partition coefficient (Wildman–Crippen LogP) is 1.91. The van der Waals surface area contributed by atoms with Crippen molar-refractivity contribution in [3.63, 3.8) is 0 Å². The predicted molar refractivity (Wildman–Crippen MR) is 77.6 cm³/mol. The number of nitrogens with one attached hydrogen (secondary N) is 1. The topological polar surface area (TPSA) is 92.4 Å². The molecule has 0 fully saturated rings. The molecule has 1 aromatic rings. The maximum Gasteiger partial charge on any atom is 0.337 e. The van der Waals surface area contributed by atoms with Gasteiger partial charge in [0.15, 0.2) is 0 Å². The summed E-state index contributed by atoms with van der Waals surface area (Å²) in [6, 6.07) is 4.13. The van der Waals surface area contributed by atoms with E-state index in [2.05, 4.69) is 5.32 Å². The van der Waals surface area contributed by atoms with Gasteiger partial charge in [-0.05, 0) is 46.7 Å². The molecule has 0 bridgehead atoms. The first-order valence-electron chi connectivity index (χ1n) is 5.42. The maximum atomic E-state index is 11.8. The van der Waals surface area contributed by atoms with E-state index in [-0.39, 0.29) is 23.1 Å². The highest BCUT2D eigenvalue weighted by molar-refractivity contribution is 14.1. The van der Waals surface area contributed by atoms with E-state index in [0.717, 1.165) is 3.57 Å². The zero-order valence-corrected chi connectivity index (χ0v) is 12.3. The average Bonchev–Trinajstić information content (AvgIpc) is 2.29. The van der Waals surface area contributed by atoms with E-state index in [4.69, 9.17) is 10.8 Å². The third kappa shape index (κ3) is 3.67. The number of carboxylic acid groups (broad SMARTS) is 1. The number of hydrogen-bond acceptors (Lipinski definition) is 3. The molecule has 1 rings (SSSR count). The number of rotatable bonds is 4. The molecule has 98 valence electrons. The van der Waals surface area contributed by atoms with Crippen molar-refractivity contribution in [2.75, 3.05) is 5.32 Å². The smallest absolute Gasteiger partial charge is 0.337 e. The number of anilines is 1. The maximum absolute atomic E-state index is 11.8. The van der Waals surface area contributed by atoms with Crippen LogP contribution in [0.15, 0.2) is 18.2 Å². The van der Waals surface area contributed by atoms with E-state index < -0.39 is 12.0 Å². The second-order valence-electron chi connectivity index (χ2n) is 4.25. The summed E-state index contributed by atoms with van der Waals surface area (Å²) in [6.45, 7) is 3.66. The summed E-state index contributed by atoms with van der Waals surface area (Å²) >= 11 is 2.01. The van der Waals surface area contributed by atoms with E-state index in [1.165, 1.54) is 6.07 Å². The molecule has 18 heavy (non-hydrogen) atoms. The fourth-order valence-corrected chi connectivity index (χ4v) is 1.81. The molecular weight excluding hydrogens is 347 g/mol. The minimum absolute atomic E-state index is 0.0119. The summed E-state index contributed by atoms with van der Waals surface area (Å²) in [5.74, 6) is -1.47. The lowest BCUT2D eigenvalue weighted by atomic mass is 10.0. The zero-order valence-electron chi connectivity index (χ0n) is 10.1. The monoisotopic (exact) mass is 362 g/mol. The molecule has 0 aliphatic carbocycles. The van der Waals surface area contributed by atoms with Crippen molar-refractivity contribution in [3.8, 4) is 0 Å². The SMILES string of the molecule is CC(C)[C@H](N)C(=O)Nc1ccc(I)cc1C(=O)O. The molecular formula is C12H15IN2O3. The van der Waals surface area contributed by atoms with Crippen LogP contribution in [0.1, 0.15) is 24.2 Å². The van der Waals surface area contributed by atoms with E-state index in [9.17, 15) is 9.59 Å². The summed E-state index contributed by atoms with van der Waals surface area (Å²) in [7, 11) is 0. The summed E-state index contributed by atoms with van der Waals surface area (Å²) in [4.78, 5) is 22.9. The average molecular weight is 362 g/mol. The van der Waals surface area contributed by atoms with E-state index in [1.807, 2.05) is 36.4 Å². The largest absolute Gasteiger partial charge is 0.478 e. The van der Waals surface area contributed by atoms with Crippen molar-refractivity contribution in [1.29, 1.82) is 0 Å². The molecule has 4 N–H and O–H groups in total. The van der Waals surface area contributed by atoms with Crippen LogP contribution in [0.5, 0.6) is 0 Å². The minimum atomic E-state index is -1.08. The van der Waals surface area contributed by atoms with E-state index in [1.54, 1.807) is 12.1 Å². The molecule has 0 aromatic heterocycles. The Morgan fingerprint density at radius 1 is 1.39 bits per heavy atom. The van der Waals surface area contributed by atoms with Gasteiger partial charge in [0.2, 0.25) is 5.91 Å². The summed E-state index contributed by atoms with van der Waals surface area (Å²) in [6.07, 6.45) is 0. The van der Waals surface area contributed by atoms with Crippen molar-refractivity contribution in [1.82, 2.24) is 0 Å². The highest BCUT2D eigenvalue weighted by Gasteiger charge is 2.19. The summed E-state index contributed by atoms with van der Waals surface area (Å²) < 4.78 is 0.788. The van der Waals surface area contributed by atoms with Gasteiger partial charge in [0.25, 0.3) is 0 Å². The lowest BCUT2D eigenvalue weighted by Crippen LogP contribution is -2.40. The number of hydrogen-bond donors (Lipinski definition) is 3. The minimum Gasteiger partial charge on any atom is -0.478 e. The fourth-order valence-electron chi connectivity index (χ4n) is 1.32. The van der Waals surface area contributed by atoms with E-state index in [0.29, 0.717) is 0 Å². The standard InChI is InChI=1S/C12H15IN2O3/c1-6(2)10(14)11(16)15-9-4-3-7(13)5-8(9)12(17)18/h3-6,10H,14H2,1-2H3,(H,15,16)(H,17,18)/t10-/m0/s1. The number of carbonyl (C=O) groups excluding carboxylic acids is 1. The quantitative estimate of drug-likeness (QED) is 0.714. The second-order valence-corrected chi connectivity index (χ2v) is 5.50. The highest BCUT2D eigenvalue weighted by Crippen LogP contribution is 2.19. The third-order valence-corrected chi connectivity index (χ3v) is 3.16. The first kappa shape index (κ1) is 14.9. The van der Waals surface area contributed by atoms with Crippen LogP contribution in [-0.2, 0) is 4.79 Å². The van der Waals surface area contributed by atoms with Gasteiger partial charge >= 0.3 is 5.97 Å². The van der Waals surface area contributed by atoms with Crippen molar-refractivity contribution >= 4 is 40.2 Å². The molecule has 1 aromatic carbocycles. The zero-order chi connectivity index (χ0) is 13.9. The van der Waals surface area contributed by atoms with Crippen molar-refractivity contribution in [3.05, 3.63) is 27.3 Å². The Morgan fingerprint density at radius 3 is 2.50 bits per heavy atom. The molecule has 0 saturated carbocycles. The molecule has 1 atom stereocenters. The number of benzene rings is 1. The van der Waals surface area contributed by atoms with Crippen LogP contribution >= 0.6 is 22.6 Å². The van der Waals surface area contributed by atoms with Gasteiger partial charge in [-0.25, -0.2) is 4.79 Å². The second kappa shape index (κ2) is 6.14. The van der Waals surface area contributed by atoms with E-state index >= 15 is 0 Å². The van der Waals surface area contributed by atoms with Crippen molar-refractivity contribution < 1.29 is 14.7 Å². The van der Waals surface area contributed by atoms with Crippen LogP contribution in [0.2, 0.25) is 0 Å². The molecule has 0 aliphatic heterocycles. The molecule has 6 heteroatoms. The number of nitrogens with two attached hydrogens (primary N) is 1. The Hall–Kier alpha value is -1.15. The molecule has 0 heterocycles.